The number of carbonyl (C=O) groups excluding carboxylic acids is 1. The number of carbonyl (C=O) groups is 1. The molecule has 0 aliphatic heterocycles. The minimum absolute atomic E-state index is 0.0185. The molecule has 0 saturated heterocycles. The number of rotatable bonds is 3. The van der Waals surface area contributed by atoms with Gasteiger partial charge in [0.1, 0.15) is 6.29 Å². The Hall–Kier alpha value is -1.15. The fraction of sp³-hybridized carbons (Fsp3) is 0.364. The molecule has 0 aromatic rings. The first-order chi connectivity index (χ1) is 6.24. The van der Waals surface area contributed by atoms with Crippen LogP contribution in [0.25, 0.3) is 0 Å². The summed E-state index contributed by atoms with van der Waals surface area (Å²) in [4.78, 5) is 10.0. The fourth-order valence-electron chi connectivity index (χ4n) is 1.30. The van der Waals surface area contributed by atoms with E-state index in [9.17, 15) is 9.90 Å². The summed E-state index contributed by atoms with van der Waals surface area (Å²) in [6.07, 6.45) is 10.1. The molecule has 13 heavy (non-hydrogen) atoms. The molecule has 2 unspecified atom stereocenters. The summed E-state index contributed by atoms with van der Waals surface area (Å²) in [6, 6.07) is 0. The average Bonchev–Trinajstić information content (AvgIpc) is 2.11. The molecule has 0 fully saturated rings. The third kappa shape index (κ3) is 2.99. The molecule has 2 heteroatoms. The van der Waals surface area contributed by atoms with Crippen LogP contribution in [-0.2, 0) is 4.79 Å². The van der Waals surface area contributed by atoms with Crippen molar-refractivity contribution >= 4 is 6.29 Å². The van der Waals surface area contributed by atoms with Crippen LogP contribution < -0.4 is 0 Å². The Labute approximate surface area is 78.3 Å². The maximum atomic E-state index is 10.0. The van der Waals surface area contributed by atoms with Gasteiger partial charge in [-0.2, -0.15) is 0 Å². The van der Waals surface area contributed by atoms with Crippen molar-refractivity contribution in [3.05, 3.63) is 36.0 Å². The Morgan fingerprint density at radius 2 is 2.38 bits per heavy atom. The third-order valence-corrected chi connectivity index (χ3v) is 2.00. The molecule has 0 aromatic heterocycles. The predicted molar refractivity (Wildman–Crippen MR) is 52.2 cm³/mol. The van der Waals surface area contributed by atoms with Gasteiger partial charge in [0.15, 0.2) is 0 Å². The molecule has 0 saturated carbocycles. The largest absolute Gasteiger partial charge is 0.388 e. The normalized spacial score (nSPS) is 27.7. The predicted octanol–water partition coefficient (Wildman–Crippen LogP) is 1.62. The highest BCUT2D eigenvalue weighted by Crippen LogP contribution is 2.18. The van der Waals surface area contributed by atoms with E-state index in [0.717, 1.165) is 11.9 Å². The van der Waals surface area contributed by atoms with Crippen LogP contribution in [0.4, 0.5) is 0 Å². The first kappa shape index (κ1) is 9.93. The first-order valence-electron chi connectivity index (χ1n) is 4.39. The summed E-state index contributed by atoms with van der Waals surface area (Å²) in [7, 11) is 0. The molecule has 0 heterocycles. The quantitative estimate of drug-likeness (QED) is 0.526. The molecule has 0 aromatic carbocycles. The number of hydrogen-bond donors (Lipinski definition) is 1. The van der Waals surface area contributed by atoms with Crippen LogP contribution in [0.5, 0.6) is 0 Å². The zero-order chi connectivity index (χ0) is 9.68. The van der Waals surface area contributed by atoms with Gasteiger partial charge in [0, 0.05) is 12.3 Å². The second-order valence-corrected chi connectivity index (χ2v) is 3.17. The van der Waals surface area contributed by atoms with Gasteiger partial charge >= 0.3 is 0 Å². The van der Waals surface area contributed by atoms with Crippen molar-refractivity contribution in [2.45, 2.75) is 19.4 Å². The van der Waals surface area contributed by atoms with Gasteiger partial charge in [-0.05, 0) is 6.92 Å². The molecule has 1 rings (SSSR count). The van der Waals surface area contributed by atoms with Gasteiger partial charge in [0.25, 0.3) is 0 Å². The molecule has 0 radical (unpaired) electrons. The number of aliphatic hydroxyl groups is 1. The lowest BCUT2D eigenvalue weighted by atomic mass is 9.93. The summed E-state index contributed by atoms with van der Waals surface area (Å²) < 4.78 is 0. The van der Waals surface area contributed by atoms with Crippen LogP contribution in [0, 0.1) is 5.92 Å². The van der Waals surface area contributed by atoms with Gasteiger partial charge in [-0.1, -0.05) is 36.0 Å². The zero-order valence-electron chi connectivity index (χ0n) is 7.68. The maximum absolute atomic E-state index is 10.0. The van der Waals surface area contributed by atoms with Crippen molar-refractivity contribution in [1.82, 2.24) is 0 Å². The van der Waals surface area contributed by atoms with Gasteiger partial charge in [-0.15, -0.1) is 0 Å². The number of aliphatic hydroxyl groups excluding tert-OH is 1. The highest BCUT2D eigenvalue weighted by atomic mass is 16.3. The van der Waals surface area contributed by atoms with Crippen molar-refractivity contribution in [1.29, 1.82) is 0 Å². The Bertz CT molecular complexity index is 261. The van der Waals surface area contributed by atoms with Crippen molar-refractivity contribution in [2.24, 2.45) is 5.92 Å². The van der Waals surface area contributed by atoms with E-state index >= 15 is 0 Å². The second kappa shape index (κ2) is 4.77. The van der Waals surface area contributed by atoms with E-state index in [4.69, 9.17) is 0 Å². The molecule has 1 N–H and O–H groups in total. The summed E-state index contributed by atoms with van der Waals surface area (Å²) >= 11 is 0. The molecule has 0 amide bonds. The van der Waals surface area contributed by atoms with E-state index < -0.39 is 6.10 Å². The van der Waals surface area contributed by atoms with Crippen molar-refractivity contribution in [3.8, 4) is 0 Å². The van der Waals surface area contributed by atoms with Gasteiger partial charge < -0.3 is 9.90 Å². The molecule has 2 nitrogen and oxygen atoms in total. The van der Waals surface area contributed by atoms with Gasteiger partial charge in [0.2, 0.25) is 0 Å². The number of hydrogen-bond acceptors (Lipinski definition) is 2. The Balaban J connectivity index is 2.58. The van der Waals surface area contributed by atoms with E-state index in [-0.39, 0.29) is 5.92 Å². The van der Waals surface area contributed by atoms with Crippen LogP contribution in [0.15, 0.2) is 36.0 Å². The lowest BCUT2D eigenvalue weighted by Crippen LogP contribution is -2.16. The lowest BCUT2D eigenvalue weighted by Gasteiger charge is -2.17. The van der Waals surface area contributed by atoms with Crippen LogP contribution in [0.1, 0.15) is 13.3 Å². The average molecular weight is 178 g/mol. The van der Waals surface area contributed by atoms with Crippen molar-refractivity contribution in [2.75, 3.05) is 0 Å². The van der Waals surface area contributed by atoms with E-state index in [1.54, 1.807) is 12.2 Å². The monoisotopic (exact) mass is 178 g/mol. The zero-order valence-corrected chi connectivity index (χ0v) is 7.68. The molecule has 1 aliphatic rings. The lowest BCUT2D eigenvalue weighted by molar-refractivity contribution is -0.107. The number of aldehydes is 1. The second-order valence-electron chi connectivity index (χ2n) is 3.17. The van der Waals surface area contributed by atoms with Crippen molar-refractivity contribution < 1.29 is 9.90 Å². The molecular formula is C11H14O2. The summed E-state index contributed by atoms with van der Waals surface area (Å²) in [6.45, 7) is 1.99. The van der Waals surface area contributed by atoms with E-state index in [1.807, 2.05) is 25.2 Å². The molecular weight excluding hydrogens is 164 g/mol. The van der Waals surface area contributed by atoms with Gasteiger partial charge in [-0.3, -0.25) is 0 Å². The van der Waals surface area contributed by atoms with Gasteiger partial charge in [0.05, 0.1) is 6.10 Å². The Morgan fingerprint density at radius 1 is 1.62 bits per heavy atom. The molecule has 70 valence electrons. The summed E-state index contributed by atoms with van der Waals surface area (Å²) in [5.74, 6) is 0.0185. The van der Waals surface area contributed by atoms with E-state index in [1.165, 1.54) is 0 Å². The van der Waals surface area contributed by atoms with E-state index in [0.29, 0.717) is 6.42 Å². The standard InChI is InChI=1S/C11H14O2/c1-9-5-6-11(13)10(8-9)4-2-3-7-12/h2,4-8,10-11,13H,3H2,1H3. The van der Waals surface area contributed by atoms with Crippen LogP contribution in [0.2, 0.25) is 0 Å². The van der Waals surface area contributed by atoms with E-state index in [2.05, 4.69) is 0 Å². The molecule has 1 aliphatic carbocycles. The maximum Gasteiger partial charge on any atom is 0.123 e. The topological polar surface area (TPSA) is 37.3 Å². The third-order valence-electron chi connectivity index (χ3n) is 2.00. The van der Waals surface area contributed by atoms with Crippen LogP contribution >= 0.6 is 0 Å². The Kier molecular flexibility index (Phi) is 3.65. The highest BCUT2D eigenvalue weighted by Gasteiger charge is 2.13. The minimum Gasteiger partial charge on any atom is -0.388 e. The van der Waals surface area contributed by atoms with Crippen LogP contribution in [0.3, 0.4) is 0 Å². The summed E-state index contributed by atoms with van der Waals surface area (Å²) in [5, 5.41) is 9.52. The first-order valence-corrected chi connectivity index (χ1v) is 4.39. The van der Waals surface area contributed by atoms with Crippen LogP contribution in [-0.4, -0.2) is 17.5 Å². The smallest absolute Gasteiger partial charge is 0.123 e. The highest BCUT2D eigenvalue weighted by molar-refractivity contribution is 5.51. The van der Waals surface area contributed by atoms with Crippen molar-refractivity contribution in [3.63, 3.8) is 0 Å². The summed E-state index contributed by atoms with van der Waals surface area (Å²) in [5.41, 5.74) is 1.14. The molecule has 0 spiro atoms. The molecule has 2 atom stereocenters. The SMILES string of the molecule is CC1=CC(C=CCC=O)C(O)C=C1. The minimum atomic E-state index is -0.452. The Morgan fingerprint density at radius 3 is 3.08 bits per heavy atom. The molecule has 0 bridgehead atoms. The van der Waals surface area contributed by atoms with Gasteiger partial charge in [-0.25, -0.2) is 0 Å². The fourth-order valence-corrected chi connectivity index (χ4v) is 1.30. The number of allylic oxidation sites excluding steroid dienone is 3.